The molecule has 0 amide bonds. The first-order valence-corrected chi connectivity index (χ1v) is 6.92. The maximum absolute atomic E-state index is 9.49. The maximum Gasteiger partial charge on any atom is 0.230 e. The molecule has 4 rings (SSSR count). The van der Waals surface area contributed by atoms with E-state index in [2.05, 4.69) is 10.1 Å². The van der Waals surface area contributed by atoms with Crippen LogP contribution in [0.2, 0.25) is 0 Å². The van der Waals surface area contributed by atoms with E-state index in [4.69, 9.17) is 4.52 Å². The summed E-state index contributed by atoms with van der Waals surface area (Å²) in [7, 11) is 0. The van der Waals surface area contributed by atoms with Gasteiger partial charge < -0.3 is 9.63 Å². The Hall–Kier alpha value is -1.84. The van der Waals surface area contributed by atoms with Gasteiger partial charge in [-0.25, -0.2) is 0 Å². The molecule has 98 valence electrons. The SMILES string of the molecule is Oc1cccc(-c2noc(C3CC4CCC3C4)n2)c1. The third-order valence-electron chi connectivity index (χ3n) is 4.60. The highest BCUT2D eigenvalue weighted by Crippen LogP contribution is 2.52. The lowest BCUT2D eigenvalue weighted by Crippen LogP contribution is -2.08. The molecule has 2 fully saturated rings. The Balaban J connectivity index is 1.63. The van der Waals surface area contributed by atoms with E-state index in [-0.39, 0.29) is 5.75 Å². The lowest BCUT2D eigenvalue weighted by Gasteiger charge is -2.16. The normalized spacial score (nSPS) is 28.9. The van der Waals surface area contributed by atoms with Crippen molar-refractivity contribution in [2.24, 2.45) is 11.8 Å². The summed E-state index contributed by atoms with van der Waals surface area (Å²) >= 11 is 0. The molecule has 2 aliphatic carbocycles. The van der Waals surface area contributed by atoms with Crippen molar-refractivity contribution in [2.45, 2.75) is 31.6 Å². The number of phenols is 1. The van der Waals surface area contributed by atoms with Gasteiger partial charge in [0.1, 0.15) is 5.75 Å². The number of aromatic hydroxyl groups is 1. The second-order valence-corrected chi connectivity index (χ2v) is 5.79. The number of rotatable bonds is 2. The van der Waals surface area contributed by atoms with Crippen molar-refractivity contribution in [1.29, 1.82) is 0 Å². The van der Waals surface area contributed by atoms with Crippen molar-refractivity contribution >= 4 is 0 Å². The van der Waals surface area contributed by atoms with Crippen LogP contribution in [0.5, 0.6) is 5.75 Å². The van der Waals surface area contributed by atoms with Gasteiger partial charge in [0.05, 0.1) is 0 Å². The highest BCUT2D eigenvalue weighted by molar-refractivity contribution is 5.56. The Morgan fingerprint density at radius 3 is 2.89 bits per heavy atom. The first-order chi connectivity index (χ1) is 9.29. The van der Waals surface area contributed by atoms with Crippen LogP contribution in [-0.2, 0) is 0 Å². The zero-order valence-corrected chi connectivity index (χ0v) is 10.6. The van der Waals surface area contributed by atoms with Crippen molar-refractivity contribution in [3.8, 4) is 17.1 Å². The van der Waals surface area contributed by atoms with Crippen LogP contribution in [0.3, 0.4) is 0 Å². The van der Waals surface area contributed by atoms with E-state index in [1.165, 1.54) is 25.7 Å². The molecule has 3 unspecified atom stereocenters. The predicted octanol–water partition coefficient (Wildman–Crippen LogP) is 3.35. The smallest absolute Gasteiger partial charge is 0.230 e. The van der Waals surface area contributed by atoms with Gasteiger partial charge >= 0.3 is 0 Å². The number of hydrogen-bond acceptors (Lipinski definition) is 4. The molecule has 2 aromatic rings. The topological polar surface area (TPSA) is 59.2 Å². The summed E-state index contributed by atoms with van der Waals surface area (Å²) in [5.41, 5.74) is 0.804. The fraction of sp³-hybridized carbons (Fsp3) is 0.467. The number of phenolic OH excluding ortho intramolecular Hbond substituents is 1. The number of aromatic nitrogens is 2. The molecule has 2 bridgehead atoms. The van der Waals surface area contributed by atoms with E-state index < -0.39 is 0 Å². The number of benzene rings is 1. The molecule has 1 heterocycles. The van der Waals surface area contributed by atoms with Crippen LogP contribution in [0.1, 0.15) is 37.5 Å². The Bertz CT molecular complexity index is 608. The number of fused-ring (bicyclic) bond motifs is 2. The first kappa shape index (κ1) is 11.0. The van der Waals surface area contributed by atoms with Gasteiger partial charge in [0.2, 0.25) is 11.7 Å². The van der Waals surface area contributed by atoms with Crippen LogP contribution in [0, 0.1) is 11.8 Å². The molecule has 1 aromatic carbocycles. The van der Waals surface area contributed by atoms with Crippen LogP contribution in [0.15, 0.2) is 28.8 Å². The van der Waals surface area contributed by atoms with Crippen molar-refractivity contribution in [3.05, 3.63) is 30.2 Å². The summed E-state index contributed by atoms with van der Waals surface area (Å²) in [4.78, 5) is 4.53. The van der Waals surface area contributed by atoms with Gasteiger partial charge in [-0.3, -0.25) is 0 Å². The quantitative estimate of drug-likeness (QED) is 0.895. The molecule has 0 aliphatic heterocycles. The molecular weight excluding hydrogens is 240 g/mol. The summed E-state index contributed by atoms with van der Waals surface area (Å²) in [5, 5.41) is 13.6. The number of hydrogen-bond donors (Lipinski definition) is 1. The fourth-order valence-electron chi connectivity index (χ4n) is 3.70. The molecule has 4 nitrogen and oxygen atoms in total. The lowest BCUT2D eigenvalue weighted by molar-refractivity contribution is 0.302. The summed E-state index contributed by atoms with van der Waals surface area (Å²) in [5.74, 6) is 3.65. The highest BCUT2D eigenvalue weighted by atomic mass is 16.5. The Kier molecular flexibility index (Phi) is 2.37. The Labute approximate surface area is 111 Å². The van der Waals surface area contributed by atoms with E-state index in [0.29, 0.717) is 11.7 Å². The van der Waals surface area contributed by atoms with E-state index >= 15 is 0 Å². The second-order valence-electron chi connectivity index (χ2n) is 5.79. The van der Waals surface area contributed by atoms with Gasteiger partial charge in [0.25, 0.3) is 0 Å². The minimum atomic E-state index is 0.226. The Morgan fingerprint density at radius 2 is 2.16 bits per heavy atom. The van der Waals surface area contributed by atoms with Gasteiger partial charge in [-0.05, 0) is 43.2 Å². The predicted molar refractivity (Wildman–Crippen MR) is 69.6 cm³/mol. The Morgan fingerprint density at radius 1 is 1.21 bits per heavy atom. The zero-order chi connectivity index (χ0) is 12.8. The summed E-state index contributed by atoms with van der Waals surface area (Å²) in [6, 6.07) is 6.98. The minimum Gasteiger partial charge on any atom is -0.508 e. The van der Waals surface area contributed by atoms with Crippen molar-refractivity contribution in [1.82, 2.24) is 10.1 Å². The average Bonchev–Trinajstić information content (AvgIpc) is 3.14. The standard InChI is InChI=1S/C15H16N2O2/c18-12-3-1-2-11(8-12)14-16-15(19-17-14)13-7-9-4-5-10(13)6-9/h1-3,8-10,13,18H,4-7H2. The van der Waals surface area contributed by atoms with Gasteiger partial charge in [-0.1, -0.05) is 23.7 Å². The van der Waals surface area contributed by atoms with Crippen LogP contribution in [0.4, 0.5) is 0 Å². The van der Waals surface area contributed by atoms with E-state index in [9.17, 15) is 5.11 Å². The van der Waals surface area contributed by atoms with Crippen LogP contribution >= 0.6 is 0 Å². The summed E-state index contributed by atoms with van der Waals surface area (Å²) < 4.78 is 5.45. The molecule has 0 radical (unpaired) electrons. The van der Waals surface area contributed by atoms with Gasteiger partial charge in [0.15, 0.2) is 0 Å². The molecule has 0 saturated heterocycles. The molecule has 1 N–H and O–H groups in total. The van der Waals surface area contributed by atoms with E-state index in [1.807, 2.05) is 6.07 Å². The van der Waals surface area contributed by atoms with Crippen LogP contribution < -0.4 is 0 Å². The molecule has 2 saturated carbocycles. The van der Waals surface area contributed by atoms with Crippen molar-refractivity contribution < 1.29 is 9.63 Å². The highest BCUT2D eigenvalue weighted by Gasteiger charge is 2.42. The molecule has 1 aromatic heterocycles. The molecule has 2 aliphatic rings. The van der Waals surface area contributed by atoms with Crippen molar-refractivity contribution in [2.75, 3.05) is 0 Å². The van der Waals surface area contributed by atoms with Crippen LogP contribution in [-0.4, -0.2) is 15.2 Å². The van der Waals surface area contributed by atoms with E-state index in [1.54, 1.807) is 18.2 Å². The minimum absolute atomic E-state index is 0.226. The maximum atomic E-state index is 9.49. The first-order valence-electron chi connectivity index (χ1n) is 6.92. The second kappa shape index (κ2) is 4.08. The molecule has 19 heavy (non-hydrogen) atoms. The lowest BCUT2D eigenvalue weighted by atomic mass is 9.89. The van der Waals surface area contributed by atoms with Crippen molar-refractivity contribution in [3.63, 3.8) is 0 Å². The van der Waals surface area contributed by atoms with Gasteiger partial charge in [-0.2, -0.15) is 4.98 Å². The fourth-order valence-corrected chi connectivity index (χ4v) is 3.70. The van der Waals surface area contributed by atoms with Gasteiger partial charge in [-0.15, -0.1) is 0 Å². The zero-order valence-electron chi connectivity index (χ0n) is 10.6. The average molecular weight is 256 g/mol. The summed E-state index contributed by atoms with van der Waals surface area (Å²) in [6.07, 6.45) is 5.20. The van der Waals surface area contributed by atoms with Gasteiger partial charge in [0, 0.05) is 11.5 Å². The molecule has 0 spiro atoms. The van der Waals surface area contributed by atoms with Crippen LogP contribution in [0.25, 0.3) is 11.4 Å². The van der Waals surface area contributed by atoms with E-state index in [0.717, 1.165) is 23.3 Å². The molecule has 4 heteroatoms. The third kappa shape index (κ3) is 1.82. The third-order valence-corrected chi connectivity index (χ3v) is 4.60. The number of nitrogens with zero attached hydrogens (tertiary/aromatic N) is 2. The summed E-state index contributed by atoms with van der Waals surface area (Å²) in [6.45, 7) is 0. The molecular formula is C15H16N2O2. The largest absolute Gasteiger partial charge is 0.508 e. The molecule has 3 atom stereocenters. The monoisotopic (exact) mass is 256 g/mol.